The Morgan fingerprint density at radius 2 is 2.00 bits per heavy atom. The van der Waals surface area contributed by atoms with Gasteiger partial charge in [-0.1, -0.05) is 11.6 Å². The Balaban J connectivity index is 3.36. The molecule has 0 spiro atoms. The predicted molar refractivity (Wildman–Crippen MR) is 32.3 cm³/mol. The standard InChI is InChI=1S/C5HClF2N2O/c6-3-2(1-11)4(7)10-5(8)9-3/h1H. The van der Waals surface area contributed by atoms with Crippen LogP contribution in [0.2, 0.25) is 5.15 Å². The molecule has 0 atom stereocenters. The van der Waals surface area contributed by atoms with E-state index in [1.54, 1.807) is 0 Å². The van der Waals surface area contributed by atoms with Gasteiger partial charge in [0, 0.05) is 0 Å². The van der Waals surface area contributed by atoms with Gasteiger partial charge in [-0.3, -0.25) is 4.79 Å². The van der Waals surface area contributed by atoms with Crippen LogP contribution < -0.4 is 0 Å². The fourth-order valence-electron chi connectivity index (χ4n) is 0.490. The second kappa shape index (κ2) is 2.87. The molecule has 0 saturated carbocycles. The average molecular weight is 179 g/mol. The van der Waals surface area contributed by atoms with Gasteiger partial charge in [0.15, 0.2) is 6.29 Å². The van der Waals surface area contributed by atoms with Crippen molar-refractivity contribution in [3.8, 4) is 0 Å². The SMILES string of the molecule is O=Cc1c(F)nc(F)nc1Cl. The molecule has 58 valence electrons. The van der Waals surface area contributed by atoms with Gasteiger partial charge >= 0.3 is 6.08 Å². The lowest BCUT2D eigenvalue weighted by Crippen LogP contribution is -2.00. The van der Waals surface area contributed by atoms with Gasteiger partial charge in [0.1, 0.15) is 10.7 Å². The van der Waals surface area contributed by atoms with Crippen molar-refractivity contribution < 1.29 is 13.6 Å². The fraction of sp³-hybridized carbons (Fsp3) is 0. The van der Waals surface area contributed by atoms with Crippen LogP contribution in [0.15, 0.2) is 0 Å². The Labute approximate surface area is 65.0 Å². The van der Waals surface area contributed by atoms with Gasteiger partial charge in [-0.25, -0.2) is 0 Å². The zero-order valence-electron chi connectivity index (χ0n) is 5.01. The van der Waals surface area contributed by atoms with Crippen LogP contribution in [0.25, 0.3) is 0 Å². The maximum absolute atomic E-state index is 12.4. The van der Waals surface area contributed by atoms with Gasteiger partial charge < -0.3 is 0 Å². The second-order valence-electron chi connectivity index (χ2n) is 1.61. The largest absolute Gasteiger partial charge is 0.312 e. The molecule has 1 aromatic rings. The number of nitrogens with zero attached hydrogens (tertiary/aromatic N) is 2. The molecule has 1 heterocycles. The van der Waals surface area contributed by atoms with Crippen LogP contribution in [0, 0.1) is 12.0 Å². The van der Waals surface area contributed by atoms with Crippen molar-refractivity contribution in [2.45, 2.75) is 0 Å². The maximum atomic E-state index is 12.4. The lowest BCUT2D eigenvalue weighted by atomic mass is 10.4. The molecule has 0 amide bonds. The molecule has 0 aliphatic rings. The normalized spacial score (nSPS) is 9.73. The van der Waals surface area contributed by atoms with Crippen LogP contribution in [-0.2, 0) is 0 Å². The molecule has 0 saturated heterocycles. The summed E-state index contributed by atoms with van der Waals surface area (Å²) in [7, 11) is 0. The number of aromatic nitrogens is 2. The van der Waals surface area contributed by atoms with Crippen LogP contribution in [0.3, 0.4) is 0 Å². The molecular weight excluding hydrogens is 178 g/mol. The predicted octanol–water partition coefficient (Wildman–Crippen LogP) is 1.22. The third kappa shape index (κ3) is 1.48. The van der Waals surface area contributed by atoms with E-state index in [0.717, 1.165) is 0 Å². The molecule has 6 heteroatoms. The topological polar surface area (TPSA) is 42.9 Å². The van der Waals surface area contributed by atoms with Crippen LogP contribution in [-0.4, -0.2) is 16.3 Å². The number of rotatable bonds is 1. The zero-order chi connectivity index (χ0) is 8.43. The molecule has 11 heavy (non-hydrogen) atoms. The number of carbonyl (C=O) groups excluding carboxylic acids is 1. The van der Waals surface area contributed by atoms with E-state index in [9.17, 15) is 13.6 Å². The third-order valence-electron chi connectivity index (χ3n) is 0.943. The van der Waals surface area contributed by atoms with Crippen molar-refractivity contribution in [2.75, 3.05) is 0 Å². The van der Waals surface area contributed by atoms with Gasteiger partial charge in [0.05, 0.1) is 0 Å². The van der Waals surface area contributed by atoms with Gasteiger partial charge in [-0.05, 0) is 0 Å². The summed E-state index contributed by atoms with van der Waals surface area (Å²) >= 11 is 5.17. The van der Waals surface area contributed by atoms with Crippen molar-refractivity contribution >= 4 is 17.9 Å². The fourth-order valence-corrected chi connectivity index (χ4v) is 0.682. The van der Waals surface area contributed by atoms with Gasteiger partial charge in [0.2, 0.25) is 5.95 Å². The minimum atomic E-state index is -1.29. The third-order valence-corrected chi connectivity index (χ3v) is 1.23. The molecule has 3 nitrogen and oxygen atoms in total. The number of hydrogen-bond acceptors (Lipinski definition) is 3. The van der Waals surface area contributed by atoms with E-state index >= 15 is 0 Å². The van der Waals surface area contributed by atoms with E-state index in [4.69, 9.17) is 11.6 Å². The van der Waals surface area contributed by atoms with Crippen LogP contribution >= 0.6 is 11.6 Å². The molecule has 0 aliphatic carbocycles. The van der Waals surface area contributed by atoms with Crippen LogP contribution in [0.1, 0.15) is 10.4 Å². The highest BCUT2D eigenvalue weighted by molar-refractivity contribution is 6.31. The quantitative estimate of drug-likeness (QED) is 0.369. The van der Waals surface area contributed by atoms with E-state index < -0.39 is 22.7 Å². The molecule has 0 bridgehead atoms. The maximum Gasteiger partial charge on any atom is 0.312 e. The Bertz CT molecular complexity index is 282. The molecule has 0 N–H and O–H groups in total. The lowest BCUT2D eigenvalue weighted by molar-refractivity contribution is 0.111. The molecule has 0 aliphatic heterocycles. The minimum Gasteiger partial charge on any atom is -0.298 e. The van der Waals surface area contributed by atoms with Crippen molar-refractivity contribution in [3.63, 3.8) is 0 Å². The summed E-state index contributed by atoms with van der Waals surface area (Å²) in [6, 6.07) is 0. The highest BCUT2D eigenvalue weighted by atomic mass is 35.5. The van der Waals surface area contributed by atoms with Gasteiger partial charge in [-0.15, -0.1) is 0 Å². The Kier molecular flexibility index (Phi) is 2.09. The monoisotopic (exact) mass is 178 g/mol. The summed E-state index contributed by atoms with van der Waals surface area (Å²) in [4.78, 5) is 15.6. The molecule has 0 fully saturated rings. The minimum absolute atomic E-state index is 0.122. The zero-order valence-corrected chi connectivity index (χ0v) is 5.77. The first-order valence-corrected chi connectivity index (χ1v) is 2.86. The first-order valence-electron chi connectivity index (χ1n) is 2.49. The first kappa shape index (κ1) is 8.00. The highest BCUT2D eigenvalue weighted by Gasteiger charge is 2.11. The summed E-state index contributed by atoms with van der Waals surface area (Å²) in [6.45, 7) is 0. The number of hydrogen-bond donors (Lipinski definition) is 0. The van der Waals surface area contributed by atoms with Crippen molar-refractivity contribution in [3.05, 3.63) is 22.7 Å². The molecule has 0 unspecified atom stereocenters. The van der Waals surface area contributed by atoms with Crippen molar-refractivity contribution in [2.24, 2.45) is 0 Å². The Morgan fingerprint density at radius 1 is 1.36 bits per heavy atom. The van der Waals surface area contributed by atoms with E-state index in [1.807, 2.05) is 0 Å². The Morgan fingerprint density at radius 3 is 2.45 bits per heavy atom. The van der Waals surface area contributed by atoms with Crippen molar-refractivity contribution in [1.29, 1.82) is 0 Å². The van der Waals surface area contributed by atoms with Gasteiger partial charge in [0.25, 0.3) is 0 Å². The smallest absolute Gasteiger partial charge is 0.298 e. The second-order valence-corrected chi connectivity index (χ2v) is 1.96. The van der Waals surface area contributed by atoms with Crippen LogP contribution in [0.5, 0.6) is 0 Å². The summed E-state index contributed by atoms with van der Waals surface area (Å²) in [6.07, 6.45) is -1.17. The molecule has 1 aromatic heterocycles. The van der Waals surface area contributed by atoms with E-state index in [2.05, 4.69) is 9.97 Å². The molecule has 0 radical (unpaired) electrons. The van der Waals surface area contributed by atoms with E-state index in [-0.39, 0.29) is 6.29 Å². The van der Waals surface area contributed by atoms with Crippen LogP contribution in [0.4, 0.5) is 8.78 Å². The number of carbonyl (C=O) groups is 1. The lowest BCUT2D eigenvalue weighted by Gasteiger charge is -1.94. The highest BCUT2D eigenvalue weighted by Crippen LogP contribution is 2.12. The summed E-state index contributed by atoms with van der Waals surface area (Å²) in [5.74, 6) is -1.25. The summed E-state index contributed by atoms with van der Waals surface area (Å²) in [5.41, 5.74) is -0.534. The van der Waals surface area contributed by atoms with E-state index in [0.29, 0.717) is 0 Å². The van der Waals surface area contributed by atoms with E-state index in [1.165, 1.54) is 0 Å². The molecule has 1 rings (SSSR count). The number of aldehydes is 1. The summed E-state index contributed by atoms with van der Waals surface area (Å²) in [5, 5.41) is -0.523. The average Bonchev–Trinajstić information content (AvgIpc) is 1.85. The molecular formula is C5HClF2N2O. The first-order chi connectivity index (χ1) is 5.15. The van der Waals surface area contributed by atoms with Gasteiger partial charge in [-0.2, -0.15) is 18.7 Å². The summed E-state index contributed by atoms with van der Waals surface area (Å²) < 4.78 is 24.5. The Hall–Kier alpha value is -1.10. The number of halogens is 3. The molecule has 0 aromatic carbocycles. The van der Waals surface area contributed by atoms with Crippen molar-refractivity contribution in [1.82, 2.24) is 9.97 Å².